The zero-order valence-electron chi connectivity index (χ0n) is 7.25. The van der Waals surface area contributed by atoms with Gasteiger partial charge in [0, 0.05) is 11.5 Å². The average molecular weight is 243 g/mol. The number of carboxylic acid groups (broad SMARTS) is 2. The van der Waals surface area contributed by atoms with Crippen molar-refractivity contribution in [1.29, 1.82) is 0 Å². The molecule has 6 N–H and O–H groups in total. The van der Waals surface area contributed by atoms with Gasteiger partial charge in [-0.25, -0.2) is 0 Å². The number of nitrogens with two attached hydrogens (primary N) is 2. The molecule has 0 aromatic rings. The SMILES string of the molecule is NC(CS[35S]C[C@H](N)C(=O)O)C(=O)O. The number of hydrogen-bond acceptors (Lipinski definition) is 6. The maximum atomic E-state index is 10.3. The highest BCUT2D eigenvalue weighted by Crippen LogP contribution is 2.22. The quantitative estimate of drug-likeness (QED) is 0.338. The van der Waals surface area contributed by atoms with Crippen molar-refractivity contribution < 1.29 is 19.8 Å². The van der Waals surface area contributed by atoms with Crippen LogP contribution in [0.4, 0.5) is 0 Å². The fraction of sp³-hybridized carbons (Fsp3) is 0.667. The van der Waals surface area contributed by atoms with Crippen LogP contribution in [-0.2, 0) is 9.59 Å². The van der Waals surface area contributed by atoms with Crippen molar-refractivity contribution in [3.63, 3.8) is 0 Å². The lowest BCUT2D eigenvalue weighted by molar-refractivity contribution is -0.138. The summed E-state index contributed by atoms with van der Waals surface area (Å²) in [6.07, 6.45) is 0. The molecule has 0 rings (SSSR count). The third kappa shape index (κ3) is 6.08. The second kappa shape index (κ2) is 6.93. The number of hydrogen-bond donors (Lipinski definition) is 4. The van der Waals surface area contributed by atoms with Crippen LogP contribution in [-0.4, -0.2) is 45.7 Å². The number of rotatable bonds is 7. The van der Waals surface area contributed by atoms with Gasteiger partial charge >= 0.3 is 11.9 Å². The van der Waals surface area contributed by atoms with E-state index in [9.17, 15) is 9.59 Å². The molecule has 0 saturated heterocycles. The van der Waals surface area contributed by atoms with E-state index in [4.69, 9.17) is 21.7 Å². The highest BCUT2D eigenvalue weighted by Gasteiger charge is 2.14. The van der Waals surface area contributed by atoms with E-state index < -0.39 is 24.0 Å². The molecule has 0 bridgehead atoms. The summed E-state index contributed by atoms with van der Waals surface area (Å²) in [5.41, 5.74) is 10.4. The molecule has 0 aliphatic carbocycles. The van der Waals surface area contributed by atoms with Gasteiger partial charge in [0.25, 0.3) is 0 Å². The van der Waals surface area contributed by atoms with Crippen molar-refractivity contribution in [2.24, 2.45) is 11.5 Å². The molecule has 0 radical (unpaired) electrons. The molecular formula is C6H12N2O4S2. The standard InChI is InChI=1S/C6H12N2O4S2/c7-3(5(9)10)1-13-14-2-4(8)6(11)12/h3-4H,1-2,7-8H2,(H,9,10)(H,11,12)/t3-,4?/m0/s1/i13+3. The van der Waals surface area contributed by atoms with Gasteiger partial charge in [-0.15, -0.1) is 0 Å². The Hall–Kier alpha value is -0.440. The highest BCUT2D eigenvalue weighted by molar-refractivity contribution is 8.76. The predicted molar refractivity (Wildman–Crippen MR) is 56.1 cm³/mol. The lowest BCUT2D eigenvalue weighted by Gasteiger charge is -2.07. The lowest BCUT2D eigenvalue weighted by atomic mass is 10.4. The lowest BCUT2D eigenvalue weighted by Crippen LogP contribution is -2.33. The topological polar surface area (TPSA) is 127 Å². The molecule has 0 saturated carbocycles. The fourth-order valence-electron chi connectivity index (χ4n) is 0.385. The monoisotopic (exact) mass is 243 g/mol. The Kier molecular flexibility index (Phi) is 6.71. The molecule has 0 aromatic carbocycles. The van der Waals surface area contributed by atoms with Gasteiger partial charge in [0.05, 0.1) is 0 Å². The van der Waals surface area contributed by atoms with Gasteiger partial charge in [0.1, 0.15) is 12.1 Å². The van der Waals surface area contributed by atoms with Crippen molar-refractivity contribution in [3.8, 4) is 0 Å². The smallest absolute Gasteiger partial charge is 0.321 e. The van der Waals surface area contributed by atoms with Crippen LogP contribution in [0.1, 0.15) is 0 Å². The molecule has 14 heavy (non-hydrogen) atoms. The zero-order chi connectivity index (χ0) is 11.1. The van der Waals surface area contributed by atoms with E-state index in [2.05, 4.69) is 0 Å². The van der Waals surface area contributed by atoms with Crippen molar-refractivity contribution in [2.45, 2.75) is 12.1 Å². The van der Waals surface area contributed by atoms with Crippen LogP contribution in [0.15, 0.2) is 0 Å². The Morgan fingerprint density at radius 2 is 1.71 bits per heavy atom. The molecule has 0 aliphatic rings. The van der Waals surface area contributed by atoms with Crippen LogP contribution < -0.4 is 11.5 Å². The molecule has 2 atom stereocenters. The summed E-state index contributed by atoms with van der Waals surface area (Å²) in [7, 11) is 2.41. The van der Waals surface area contributed by atoms with Crippen molar-refractivity contribution in [3.05, 3.63) is 0 Å². The van der Waals surface area contributed by atoms with Crippen LogP contribution in [0.2, 0.25) is 0 Å². The minimum atomic E-state index is -1.07. The van der Waals surface area contributed by atoms with Gasteiger partial charge in [-0.2, -0.15) is 0 Å². The maximum absolute atomic E-state index is 10.3. The van der Waals surface area contributed by atoms with Gasteiger partial charge in [0.15, 0.2) is 0 Å². The molecule has 8 heteroatoms. The Bertz CT molecular complexity index is 192. The first-order chi connectivity index (χ1) is 6.45. The Morgan fingerprint density at radius 3 is 2.14 bits per heavy atom. The van der Waals surface area contributed by atoms with E-state index >= 15 is 0 Å². The molecular weight excluding hydrogens is 231 g/mol. The Balaban J connectivity index is 3.47. The summed E-state index contributed by atoms with van der Waals surface area (Å²) in [5, 5.41) is 16.8. The third-order valence-corrected chi connectivity index (χ3v) is 3.69. The van der Waals surface area contributed by atoms with E-state index in [0.29, 0.717) is 0 Å². The normalized spacial score (nSPS) is 14.7. The number of carboxylic acids is 2. The summed E-state index contributed by atoms with van der Waals surface area (Å²) in [5.74, 6) is -1.68. The van der Waals surface area contributed by atoms with Crippen molar-refractivity contribution in [2.75, 3.05) is 11.5 Å². The number of carbonyl (C=O) groups is 2. The van der Waals surface area contributed by atoms with Crippen LogP contribution in [0.5, 0.6) is 0 Å². The van der Waals surface area contributed by atoms with Gasteiger partial charge in [0.2, 0.25) is 0 Å². The van der Waals surface area contributed by atoms with E-state index in [-0.39, 0.29) is 11.5 Å². The average Bonchev–Trinajstić information content (AvgIpc) is 2.11. The van der Waals surface area contributed by atoms with Crippen LogP contribution in [0, 0.1) is 0 Å². The first-order valence-corrected chi connectivity index (χ1v) is 6.15. The first-order valence-electron chi connectivity index (χ1n) is 3.66. The number of aliphatic carboxylic acids is 2. The second-order valence-corrected chi connectivity index (χ2v) is 5.01. The zero-order valence-corrected chi connectivity index (χ0v) is 8.88. The minimum absolute atomic E-state index is 0.229. The third-order valence-electron chi connectivity index (χ3n) is 1.21. The van der Waals surface area contributed by atoms with E-state index in [1.807, 2.05) is 0 Å². The van der Waals surface area contributed by atoms with Crippen molar-refractivity contribution >= 4 is 33.5 Å². The summed E-state index contributed by atoms with van der Waals surface area (Å²) < 4.78 is 0. The first kappa shape index (κ1) is 13.6. The molecule has 0 spiro atoms. The molecule has 1 unspecified atom stereocenters. The van der Waals surface area contributed by atoms with Gasteiger partial charge < -0.3 is 21.7 Å². The minimum Gasteiger partial charge on any atom is -0.480 e. The van der Waals surface area contributed by atoms with Gasteiger partial charge in [-0.1, -0.05) is 21.6 Å². The van der Waals surface area contributed by atoms with Gasteiger partial charge in [-0.3, -0.25) is 9.59 Å². The summed E-state index contributed by atoms with van der Waals surface area (Å²) in [4.78, 5) is 20.5. The maximum Gasteiger partial charge on any atom is 0.321 e. The summed E-state index contributed by atoms with van der Waals surface area (Å²) >= 11 is 0. The van der Waals surface area contributed by atoms with Gasteiger partial charge in [-0.05, 0) is 0 Å². The largest absolute Gasteiger partial charge is 0.480 e. The molecule has 0 aliphatic heterocycles. The molecule has 0 fully saturated rings. The van der Waals surface area contributed by atoms with Crippen LogP contribution in [0.25, 0.3) is 0 Å². The highest BCUT2D eigenvalue weighted by atomic mass is 35.3. The Morgan fingerprint density at radius 1 is 1.21 bits per heavy atom. The van der Waals surface area contributed by atoms with E-state index in [0.717, 1.165) is 0 Å². The molecule has 0 amide bonds. The summed E-state index contributed by atoms with van der Waals surface area (Å²) in [6.45, 7) is 0. The van der Waals surface area contributed by atoms with Crippen molar-refractivity contribution in [1.82, 2.24) is 0 Å². The van der Waals surface area contributed by atoms with E-state index in [1.54, 1.807) is 0 Å². The van der Waals surface area contributed by atoms with Crippen LogP contribution in [0.3, 0.4) is 0 Å². The van der Waals surface area contributed by atoms with E-state index in [1.165, 1.54) is 21.6 Å². The fourth-order valence-corrected chi connectivity index (χ4v) is 2.61. The summed E-state index contributed by atoms with van der Waals surface area (Å²) in [6, 6.07) is -1.85. The van der Waals surface area contributed by atoms with Crippen LogP contribution >= 0.6 is 21.6 Å². The predicted octanol–water partition coefficient (Wildman–Crippen LogP) is -0.808. The molecule has 0 heterocycles. The Labute approximate surface area is 88.8 Å². The molecule has 82 valence electrons. The molecule has 6 nitrogen and oxygen atoms in total. The molecule has 0 aromatic heterocycles. The second-order valence-electron chi connectivity index (χ2n) is 2.46.